The van der Waals surface area contributed by atoms with E-state index in [4.69, 9.17) is 10.7 Å². The van der Waals surface area contributed by atoms with Crippen LogP contribution in [0.15, 0.2) is 18.2 Å². The van der Waals surface area contributed by atoms with Crippen LogP contribution in [0.2, 0.25) is 0 Å². The maximum absolute atomic E-state index is 13.6. The molecule has 0 atom stereocenters. The van der Waals surface area contributed by atoms with E-state index in [-0.39, 0.29) is 11.2 Å². The maximum Gasteiger partial charge on any atom is 0.125 e. The van der Waals surface area contributed by atoms with Crippen molar-refractivity contribution in [1.29, 1.82) is 0 Å². The van der Waals surface area contributed by atoms with Crippen molar-refractivity contribution in [2.75, 3.05) is 6.54 Å². The maximum atomic E-state index is 13.6. The van der Waals surface area contributed by atoms with Crippen molar-refractivity contribution in [1.82, 2.24) is 9.55 Å². The first-order chi connectivity index (χ1) is 9.73. The van der Waals surface area contributed by atoms with Gasteiger partial charge < -0.3 is 10.3 Å². The van der Waals surface area contributed by atoms with Crippen LogP contribution in [0.4, 0.5) is 4.39 Å². The Kier molecular flexibility index (Phi) is 2.64. The Bertz CT molecular complexity index is 651. The number of hydrogen-bond acceptors (Lipinski definition) is 2. The second-order valence-corrected chi connectivity index (χ2v) is 6.36. The van der Waals surface area contributed by atoms with Crippen molar-refractivity contribution in [3.8, 4) is 0 Å². The summed E-state index contributed by atoms with van der Waals surface area (Å²) in [5.41, 5.74) is 7.98. The fourth-order valence-electron chi connectivity index (χ4n) is 3.71. The number of benzene rings is 1. The number of hydrogen-bond donors (Lipinski definition) is 1. The average molecular weight is 273 g/mol. The van der Waals surface area contributed by atoms with E-state index in [1.807, 2.05) is 0 Å². The normalized spacial score (nSPS) is 21.7. The number of rotatable bonds is 3. The number of halogens is 1. The molecule has 2 aliphatic carbocycles. The van der Waals surface area contributed by atoms with Gasteiger partial charge in [-0.25, -0.2) is 9.37 Å². The van der Waals surface area contributed by atoms with Gasteiger partial charge in [-0.2, -0.15) is 0 Å². The largest absolute Gasteiger partial charge is 0.329 e. The third-order valence-electron chi connectivity index (χ3n) is 4.99. The van der Waals surface area contributed by atoms with Gasteiger partial charge in [0.15, 0.2) is 0 Å². The molecule has 2 N–H and O–H groups in total. The van der Waals surface area contributed by atoms with Crippen LogP contribution in [0.3, 0.4) is 0 Å². The molecule has 2 saturated carbocycles. The number of fused-ring (bicyclic) bond motifs is 1. The van der Waals surface area contributed by atoms with E-state index in [2.05, 4.69) is 4.57 Å². The molecule has 106 valence electrons. The van der Waals surface area contributed by atoms with Gasteiger partial charge in [-0.1, -0.05) is 12.8 Å². The number of nitrogens with zero attached hydrogens (tertiary/aromatic N) is 2. The standard InChI is InChI=1S/C16H20FN3/c17-11-3-6-13-14(9-11)20(12-4-5-12)15(19-13)16(10-18)7-1-2-8-16/h3,6,9,12H,1-2,4-5,7-8,10,18H2. The molecule has 1 aromatic heterocycles. The van der Waals surface area contributed by atoms with Crippen molar-refractivity contribution < 1.29 is 4.39 Å². The van der Waals surface area contributed by atoms with Crippen LogP contribution in [0.25, 0.3) is 11.0 Å². The highest BCUT2D eigenvalue weighted by atomic mass is 19.1. The molecule has 0 saturated heterocycles. The fourth-order valence-corrected chi connectivity index (χ4v) is 3.71. The lowest BCUT2D eigenvalue weighted by molar-refractivity contribution is 0.406. The van der Waals surface area contributed by atoms with Crippen LogP contribution in [0.1, 0.15) is 50.4 Å². The fraction of sp³-hybridized carbons (Fsp3) is 0.562. The highest BCUT2D eigenvalue weighted by molar-refractivity contribution is 5.76. The van der Waals surface area contributed by atoms with E-state index in [0.717, 1.165) is 29.7 Å². The summed E-state index contributed by atoms with van der Waals surface area (Å²) in [5, 5.41) is 0. The molecule has 0 bridgehead atoms. The Labute approximate surface area is 118 Å². The minimum absolute atomic E-state index is 0.0120. The SMILES string of the molecule is NCC1(c2nc3ccc(F)cc3n2C2CC2)CCCC1. The second-order valence-electron chi connectivity index (χ2n) is 6.36. The molecule has 0 aliphatic heterocycles. The van der Waals surface area contributed by atoms with Gasteiger partial charge in [-0.05, 0) is 43.9 Å². The van der Waals surface area contributed by atoms with Crippen LogP contribution in [-0.4, -0.2) is 16.1 Å². The third kappa shape index (κ3) is 1.71. The van der Waals surface area contributed by atoms with Crippen LogP contribution in [0, 0.1) is 5.82 Å². The third-order valence-corrected chi connectivity index (χ3v) is 4.99. The van der Waals surface area contributed by atoms with Crippen LogP contribution in [0.5, 0.6) is 0 Å². The topological polar surface area (TPSA) is 43.8 Å². The molecule has 2 aliphatic rings. The van der Waals surface area contributed by atoms with E-state index in [1.165, 1.54) is 31.7 Å². The molecule has 0 unspecified atom stereocenters. The highest BCUT2D eigenvalue weighted by Crippen LogP contribution is 2.46. The Morgan fingerprint density at radius 3 is 2.70 bits per heavy atom. The Morgan fingerprint density at radius 2 is 2.05 bits per heavy atom. The number of nitrogens with two attached hydrogens (primary N) is 1. The molecule has 20 heavy (non-hydrogen) atoms. The smallest absolute Gasteiger partial charge is 0.125 e. The Balaban J connectivity index is 1.96. The minimum atomic E-state index is -0.181. The van der Waals surface area contributed by atoms with E-state index in [1.54, 1.807) is 12.1 Å². The highest BCUT2D eigenvalue weighted by Gasteiger charge is 2.41. The summed E-state index contributed by atoms with van der Waals surface area (Å²) in [6.07, 6.45) is 7.02. The zero-order chi connectivity index (χ0) is 13.7. The van der Waals surface area contributed by atoms with Crippen molar-refractivity contribution in [3.63, 3.8) is 0 Å². The van der Waals surface area contributed by atoms with Gasteiger partial charge >= 0.3 is 0 Å². The summed E-state index contributed by atoms with van der Waals surface area (Å²) in [6, 6.07) is 5.43. The molecule has 1 aromatic carbocycles. The first-order valence-electron chi connectivity index (χ1n) is 7.62. The summed E-state index contributed by atoms with van der Waals surface area (Å²) in [5.74, 6) is 0.930. The number of aromatic nitrogens is 2. The first-order valence-corrected chi connectivity index (χ1v) is 7.62. The predicted molar refractivity (Wildman–Crippen MR) is 77.2 cm³/mol. The summed E-state index contributed by atoms with van der Waals surface area (Å²) in [7, 11) is 0. The van der Waals surface area contributed by atoms with E-state index in [9.17, 15) is 4.39 Å². The van der Waals surface area contributed by atoms with Gasteiger partial charge in [0.25, 0.3) is 0 Å². The molecule has 2 aromatic rings. The summed E-state index contributed by atoms with van der Waals surface area (Å²) in [4.78, 5) is 4.86. The lowest BCUT2D eigenvalue weighted by atomic mass is 9.85. The van der Waals surface area contributed by atoms with E-state index < -0.39 is 0 Å². The molecule has 4 heteroatoms. The summed E-state index contributed by atoms with van der Waals surface area (Å²) >= 11 is 0. The van der Waals surface area contributed by atoms with Crippen molar-refractivity contribution in [2.24, 2.45) is 5.73 Å². The van der Waals surface area contributed by atoms with Gasteiger partial charge in [0, 0.05) is 18.0 Å². The van der Waals surface area contributed by atoms with Crippen LogP contribution >= 0.6 is 0 Å². The second kappa shape index (κ2) is 4.29. The minimum Gasteiger partial charge on any atom is -0.329 e. The van der Waals surface area contributed by atoms with Gasteiger partial charge in [-0.15, -0.1) is 0 Å². The molecule has 0 radical (unpaired) electrons. The molecular formula is C16H20FN3. The first kappa shape index (κ1) is 12.3. The molecule has 0 spiro atoms. The van der Waals surface area contributed by atoms with Crippen molar-refractivity contribution in [2.45, 2.75) is 50.0 Å². The summed E-state index contributed by atoms with van der Waals surface area (Å²) in [6.45, 7) is 0.644. The zero-order valence-corrected chi connectivity index (χ0v) is 11.6. The van der Waals surface area contributed by atoms with Gasteiger partial charge in [0.05, 0.1) is 11.0 Å². The zero-order valence-electron chi connectivity index (χ0n) is 11.6. The molecule has 4 rings (SSSR count). The molecule has 2 fully saturated rings. The van der Waals surface area contributed by atoms with E-state index >= 15 is 0 Å². The van der Waals surface area contributed by atoms with Crippen molar-refractivity contribution in [3.05, 3.63) is 29.8 Å². The predicted octanol–water partition coefficient (Wildman–Crippen LogP) is 3.28. The molecule has 0 amide bonds. The quantitative estimate of drug-likeness (QED) is 0.932. The van der Waals surface area contributed by atoms with Gasteiger partial charge in [0.2, 0.25) is 0 Å². The van der Waals surface area contributed by atoms with Crippen LogP contribution in [-0.2, 0) is 5.41 Å². The average Bonchev–Trinajstić information content (AvgIpc) is 3.04. The number of imidazole rings is 1. The molecule has 1 heterocycles. The molecular weight excluding hydrogens is 253 g/mol. The lowest BCUT2D eigenvalue weighted by Crippen LogP contribution is -2.35. The van der Waals surface area contributed by atoms with Gasteiger partial charge in [-0.3, -0.25) is 0 Å². The van der Waals surface area contributed by atoms with E-state index in [0.29, 0.717) is 12.6 Å². The van der Waals surface area contributed by atoms with Crippen LogP contribution < -0.4 is 5.73 Å². The Morgan fingerprint density at radius 1 is 1.30 bits per heavy atom. The Hall–Kier alpha value is -1.42. The monoisotopic (exact) mass is 273 g/mol. The van der Waals surface area contributed by atoms with Crippen molar-refractivity contribution >= 4 is 11.0 Å². The molecule has 3 nitrogen and oxygen atoms in total. The summed E-state index contributed by atoms with van der Waals surface area (Å²) < 4.78 is 15.9. The van der Waals surface area contributed by atoms with Gasteiger partial charge in [0.1, 0.15) is 11.6 Å². The lowest BCUT2D eigenvalue weighted by Gasteiger charge is -2.27.